The van der Waals surface area contributed by atoms with Gasteiger partial charge in [0.1, 0.15) is 12.6 Å². The van der Waals surface area contributed by atoms with Crippen LogP contribution < -0.4 is 5.32 Å². The number of hydrogen-bond donors (Lipinski definition) is 1. The highest BCUT2D eigenvalue weighted by molar-refractivity contribution is 6.02. The molecule has 1 saturated carbocycles. The van der Waals surface area contributed by atoms with Crippen molar-refractivity contribution in [2.75, 3.05) is 6.61 Å². The Balaban J connectivity index is 2.44. The summed E-state index contributed by atoms with van der Waals surface area (Å²) < 4.78 is 84.5. The zero-order valence-corrected chi connectivity index (χ0v) is 13.1. The lowest BCUT2D eigenvalue weighted by atomic mass is 9.97. The van der Waals surface area contributed by atoms with Crippen molar-refractivity contribution in [2.45, 2.75) is 31.1 Å². The second-order valence-electron chi connectivity index (χ2n) is 5.60. The van der Waals surface area contributed by atoms with E-state index in [0.29, 0.717) is 12.8 Å². The number of benzene rings is 1. The molecular formula is C16H13F6NO3. The van der Waals surface area contributed by atoms with Crippen LogP contribution in [-0.2, 0) is 15.7 Å². The lowest BCUT2D eigenvalue weighted by Gasteiger charge is -2.20. The SMILES string of the molecule is C=CC(=O)OCC(NC1CC1)C(=O)c1c(C(F)(F)F)cc(F)c(F)c1F. The fourth-order valence-corrected chi connectivity index (χ4v) is 2.19. The molecule has 0 aliphatic heterocycles. The van der Waals surface area contributed by atoms with Crippen LogP contribution in [0.1, 0.15) is 28.8 Å². The number of alkyl halides is 3. The Morgan fingerprint density at radius 2 is 1.88 bits per heavy atom. The fourth-order valence-electron chi connectivity index (χ4n) is 2.19. The van der Waals surface area contributed by atoms with Crippen molar-refractivity contribution in [1.29, 1.82) is 0 Å². The van der Waals surface area contributed by atoms with Gasteiger partial charge in [-0.15, -0.1) is 0 Å². The van der Waals surface area contributed by atoms with Crippen LogP contribution in [0.15, 0.2) is 18.7 Å². The third-order valence-electron chi connectivity index (χ3n) is 3.60. The van der Waals surface area contributed by atoms with Gasteiger partial charge < -0.3 is 10.1 Å². The van der Waals surface area contributed by atoms with Gasteiger partial charge in [0.25, 0.3) is 0 Å². The summed E-state index contributed by atoms with van der Waals surface area (Å²) in [7, 11) is 0. The zero-order valence-electron chi connectivity index (χ0n) is 13.1. The molecule has 10 heteroatoms. The van der Waals surface area contributed by atoms with Crippen LogP contribution in [0.2, 0.25) is 0 Å². The molecular weight excluding hydrogens is 368 g/mol. The van der Waals surface area contributed by atoms with Gasteiger partial charge in [0.05, 0.1) is 11.1 Å². The standard InChI is InChI=1S/C16H13F6NO3/c1-2-11(24)26-6-10(23-7-3-4-7)15(25)12-8(16(20,21)22)5-9(17)13(18)14(12)19/h2,5,7,10,23H,1,3-4,6H2. The summed E-state index contributed by atoms with van der Waals surface area (Å²) in [6.07, 6.45) is -3.34. The van der Waals surface area contributed by atoms with Gasteiger partial charge in [0, 0.05) is 12.1 Å². The van der Waals surface area contributed by atoms with Gasteiger partial charge in [-0.05, 0) is 18.9 Å². The summed E-state index contributed by atoms with van der Waals surface area (Å²) in [5, 5.41) is 2.60. The van der Waals surface area contributed by atoms with Gasteiger partial charge in [-0.3, -0.25) is 4.79 Å². The normalized spacial score (nSPS) is 15.5. The summed E-state index contributed by atoms with van der Waals surface area (Å²) in [4.78, 5) is 23.6. The lowest BCUT2D eigenvalue weighted by molar-refractivity contribution is -0.139. The molecule has 0 saturated heterocycles. The summed E-state index contributed by atoms with van der Waals surface area (Å²) in [6, 6.07) is -2.09. The number of rotatable bonds is 7. The Kier molecular flexibility index (Phi) is 5.74. The highest BCUT2D eigenvalue weighted by Gasteiger charge is 2.42. The molecule has 1 aliphatic carbocycles. The summed E-state index contributed by atoms with van der Waals surface area (Å²) in [5.74, 6) is -8.98. The van der Waals surface area contributed by atoms with E-state index in [2.05, 4.69) is 16.6 Å². The van der Waals surface area contributed by atoms with Crippen LogP contribution in [0.25, 0.3) is 0 Å². The highest BCUT2D eigenvalue weighted by Crippen LogP contribution is 2.35. The van der Waals surface area contributed by atoms with Crippen LogP contribution >= 0.6 is 0 Å². The minimum absolute atomic E-state index is 0.242. The van der Waals surface area contributed by atoms with E-state index in [4.69, 9.17) is 0 Å². The number of carbonyl (C=O) groups excluding carboxylic acids is 2. The van der Waals surface area contributed by atoms with Crippen LogP contribution in [0, 0.1) is 17.5 Å². The van der Waals surface area contributed by atoms with Gasteiger partial charge in [0.15, 0.2) is 23.2 Å². The Morgan fingerprint density at radius 3 is 2.38 bits per heavy atom. The van der Waals surface area contributed by atoms with E-state index in [9.17, 15) is 35.9 Å². The first kappa shape index (κ1) is 20.0. The molecule has 0 aromatic heterocycles. The molecule has 0 radical (unpaired) electrons. The van der Waals surface area contributed by atoms with Gasteiger partial charge >= 0.3 is 12.1 Å². The van der Waals surface area contributed by atoms with E-state index in [1.807, 2.05) is 0 Å². The Morgan fingerprint density at radius 1 is 1.27 bits per heavy atom. The minimum Gasteiger partial charge on any atom is -0.460 e. The molecule has 1 unspecified atom stereocenters. The third kappa shape index (κ3) is 4.43. The number of carbonyl (C=O) groups is 2. The monoisotopic (exact) mass is 381 g/mol. The Labute approximate surface area is 143 Å². The predicted octanol–water partition coefficient (Wildman–Crippen LogP) is 3.16. The maximum atomic E-state index is 14.0. The molecule has 4 nitrogen and oxygen atoms in total. The minimum atomic E-state index is -5.30. The quantitative estimate of drug-likeness (QED) is 0.259. The maximum absolute atomic E-state index is 14.0. The molecule has 1 aromatic carbocycles. The molecule has 1 fully saturated rings. The number of esters is 1. The summed E-state index contributed by atoms with van der Waals surface area (Å²) in [5.41, 5.74) is -3.60. The van der Waals surface area contributed by atoms with Crippen molar-refractivity contribution in [2.24, 2.45) is 0 Å². The van der Waals surface area contributed by atoms with Gasteiger partial charge in [-0.1, -0.05) is 6.58 Å². The number of halogens is 6. The highest BCUT2D eigenvalue weighted by atomic mass is 19.4. The van der Waals surface area contributed by atoms with E-state index in [-0.39, 0.29) is 12.1 Å². The van der Waals surface area contributed by atoms with Crippen molar-refractivity contribution in [3.63, 3.8) is 0 Å². The first-order valence-corrected chi connectivity index (χ1v) is 7.40. The Bertz CT molecular complexity index is 742. The average Bonchev–Trinajstić information content (AvgIpc) is 3.38. The van der Waals surface area contributed by atoms with E-state index < -0.39 is 59.2 Å². The second kappa shape index (κ2) is 7.48. The molecule has 0 heterocycles. The number of nitrogens with one attached hydrogen (secondary N) is 1. The molecule has 142 valence electrons. The molecule has 0 bridgehead atoms. The van der Waals surface area contributed by atoms with Crippen LogP contribution in [0.3, 0.4) is 0 Å². The lowest BCUT2D eigenvalue weighted by Crippen LogP contribution is -2.43. The predicted molar refractivity (Wildman–Crippen MR) is 76.8 cm³/mol. The number of ether oxygens (including phenoxy) is 1. The topological polar surface area (TPSA) is 55.4 Å². The second-order valence-corrected chi connectivity index (χ2v) is 5.60. The first-order chi connectivity index (χ1) is 12.1. The van der Waals surface area contributed by atoms with E-state index in [0.717, 1.165) is 6.08 Å². The number of hydrogen-bond acceptors (Lipinski definition) is 4. The third-order valence-corrected chi connectivity index (χ3v) is 3.60. The maximum Gasteiger partial charge on any atom is 0.417 e. The van der Waals surface area contributed by atoms with Crippen molar-refractivity contribution in [3.05, 3.63) is 47.3 Å². The van der Waals surface area contributed by atoms with Crippen molar-refractivity contribution >= 4 is 11.8 Å². The molecule has 2 rings (SSSR count). The van der Waals surface area contributed by atoms with Gasteiger partial charge in [-0.25, -0.2) is 18.0 Å². The first-order valence-electron chi connectivity index (χ1n) is 7.40. The largest absolute Gasteiger partial charge is 0.460 e. The molecule has 1 N–H and O–H groups in total. The molecule has 26 heavy (non-hydrogen) atoms. The van der Waals surface area contributed by atoms with Gasteiger partial charge in [-0.2, -0.15) is 13.2 Å². The van der Waals surface area contributed by atoms with E-state index >= 15 is 0 Å². The smallest absolute Gasteiger partial charge is 0.417 e. The van der Waals surface area contributed by atoms with Crippen molar-refractivity contribution < 1.29 is 40.7 Å². The van der Waals surface area contributed by atoms with Crippen LogP contribution in [0.5, 0.6) is 0 Å². The van der Waals surface area contributed by atoms with Crippen LogP contribution in [-0.4, -0.2) is 30.4 Å². The summed E-state index contributed by atoms with van der Waals surface area (Å²) >= 11 is 0. The molecule has 1 aromatic rings. The molecule has 0 spiro atoms. The molecule has 1 aliphatic rings. The number of Topliss-reactive ketones (excluding diaryl/α,β-unsaturated/α-hetero) is 1. The summed E-state index contributed by atoms with van der Waals surface area (Å²) in [6.45, 7) is 2.39. The zero-order chi connectivity index (χ0) is 19.6. The number of ketones is 1. The Hall–Kier alpha value is -2.36. The van der Waals surface area contributed by atoms with E-state index in [1.54, 1.807) is 0 Å². The van der Waals surface area contributed by atoms with Crippen LogP contribution in [0.4, 0.5) is 26.3 Å². The molecule has 1 atom stereocenters. The van der Waals surface area contributed by atoms with Gasteiger partial charge in [0.2, 0.25) is 0 Å². The van der Waals surface area contributed by atoms with Crippen molar-refractivity contribution in [1.82, 2.24) is 5.32 Å². The fraction of sp³-hybridized carbons (Fsp3) is 0.375. The van der Waals surface area contributed by atoms with Crippen molar-refractivity contribution in [3.8, 4) is 0 Å². The van der Waals surface area contributed by atoms with E-state index in [1.165, 1.54) is 0 Å². The molecule has 0 amide bonds. The average molecular weight is 381 g/mol.